The summed E-state index contributed by atoms with van der Waals surface area (Å²) < 4.78 is 0. The van der Waals surface area contributed by atoms with Gasteiger partial charge >= 0.3 is 0 Å². The van der Waals surface area contributed by atoms with Gasteiger partial charge in [0, 0.05) is 22.9 Å². The van der Waals surface area contributed by atoms with Crippen molar-refractivity contribution in [2.45, 2.75) is 12.8 Å². The summed E-state index contributed by atoms with van der Waals surface area (Å²) in [5, 5.41) is 1.12. The summed E-state index contributed by atoms with van der Waals surface area (Å²) in [5.74, 6) is 0.101. The third-order valence-corrected chi connectivity index (χ3v) is 2.36. The third kappa shape index (κ3) is 3.17. The van der Waals surface area contributed by atoms with E-state index in [9.17, 15) is 4.79 Å². The lowest BCUT2D eigenvalue weighted by molar-refractivity contribution is -0.117. The molecular formula is C11H10Cl2O. The number of allylic oxidation sites excluding steroid dienone is 1. The van der Waals surface area contributed by atoms with Gasteiger partial charge in [-0.3, -0.25) is 4.79 Å². The van der Waals surface area contributed by atoms with Crippen molar-refractivity contribution >= 4 is 29.0 Å². The first-order chi connectivity index (χ1) is 6.63. The summed E-state index contributed by atoms with van der Waals surface area (Å²) in [6.07, 6.45) is 2.30. The lowest BCUT2D eigenvalue weighted by atomic mass is 10.1. The van der Waals surface area contributed by atoms with Crippen molar-refractivity contribution in [1.82, 2.24) is 0 Å². The molecule has 0 heterocycles. The maximum absolute atomic E-state index is 11.3. The molecule has 0 unspecified atom stereocenters. The molecular weight excluding hydrogens is 219 g/mol. The van der Waals surface area contributed by atoms with E-state index in [1.54, 1.807) is 24.3 Å². The van der Waals surface area contributed by atoms with Gasteiger partial charge < -0.3 is 0 Å². The second kappa shape index (κ2) is 5.18. The van der Waals surface area contributed by atoms with Gasteiger partial charge in [-0.2, -0.15) is 0 Å². The predicted molar refractivity (Wildman–Crippen MR) is 60.0 cm³/mol. The summed E-state index contributed by atoms with van der Waals surface area (Å²) in [5.41, 5.74) is 0.808. The molecule has 1 aromatic rings. The second-order valence-electron chi connectivity index (χ2n) is 2.94. The molecule has 14 heavy (non-hydrogen) atoms. The molecule has 74 valence electrons. The van der Waals surface area contributed by atoms with E-state index in [2.05, 4.69) is 6.58 Å². The van der Waals surface area contributed by atoms with E-state index < -0.39 is 0 Å². The molecule has 1 nitrogen and oxygen atoms in total. The van der Waals surface area contributed by atoms with Crippen LogP contribution < -0.4 is 0 Å². The second-order valence-corrected chi connectivity index (χ2v) is 3.79. The third-order valence-electron chi connectivity index (χ3n) is 1.77. The Bertz CT molecular complexity index is 358. The standard InChI is InChI=1S/C11H10Cl2O/c1-2-3-10(14)6-8-4-5-9(12)7-11(8)13/h2,4-5,7H,1,3,6H2. The molecule has 0 amide bonds. The lowest BCUT2D eigenvalue weighted by Gasteiger charge is -2.02. The van der Waals surface area contributed by atoms with Gasteiger partial charge in [-0.1, -0.05) is 35.3 Å². The summed E-state index contributed by atoms with van der Waals surface area (Å²) >= 11 is 11.6. The minimum Gasteiger partial charge on any atom is -0.299 e. The fourth-order valence-electron chi connectivity index (χ4n) is 1.11. The van der Waals surface area contributed by atoms with Crippen LogP contribution >= 0.6 is 23.2 Å². The summed E-state index contributed by atoms with van der Waals surface area (Å²) in [4.78, 5) is 11.3. The van der Waals surface area contributed by atoms with E-state index in [0.717, 1.165) is 5.56 Å². The molecule has 1 aromatic carbocycles. The van der Waals surface area contributed by atoms with Gasteiger partial charge in [0.2, 0.25) is 0 Å². The fourth-order valence-corrected chi connectivity index (χ4v) is 1.59. The Morgan fingerprint density at radius 1 is 1.43 bits per heavy atom. The van der Waals surface area contributed by atoms with Crippen molar-refractivity contribution in [1.29, 1.82) is 0 Å². The highest BCUT2D eigenvalue weighted by molar-refractivity contribution is 6.35. The normalized spacial score (nSPS) is 9.86. The number of carbonyl (C=O) groups excluding carboxylic acids is 1. The Labute approximate surface area is 93.3 Å². The average Bonchev–Trinajstić information content (AvgIpc) is 2.10. The van der Waals surface area contributed by atoms with E-state index in [1.807, 2.05) is 0 Å². The highest BCUT2D eigenvalue weighted by Crippen LogP contribution is 2.21. The van der Waals surface area contributed by atoms with Crippen molar-refractivity contribution in [3.05, 3.63) is 46.5 Å². The zero-order chi connectivity index (χ0) is 10.6. The van der Waals surface area contributed by atoms with Crippen molar-refractivity contribution in [2.24, 2.45) is 0 Å². The molecule has 0 radical (unpaired) electrons. The Hall–Kier alpha value is -0.790. The summed E-state index contributed by atoms with van der Waals surface area (Å²) in [6, 6.07) is 5.13. The quantitative estimate of drug-likeness (QED) is 0.719. The monoisotopic (exact) mass is 228 g/mol. The van der Waals surface area contributed by atoms with Gasteiger partial charge in [-0.25, -0.2) is 0 Å². The van der Waals surface area contributed by atoms with E-state index >= 15 is 0 Å². The lowest BCUT2D eigenvalue weighted by Crippen LogP contribution is -2.01. The van der Waals surface area contributed by atoms with Gasteiger partial charge in [-0.05, 0) is 17.7 Å². The first-order valence-corrected chi connectivity index (χ1v) is 4.95. The molecule has 1 rings (SSSR count). The SMILES string of the molecule is C=CCC(=O)Cc1ccc(Cl)cc1Cl. The van der Waals surface area contributed by atoms with Crippen LogP contribution in [0.5, 0.6) is 0 Å². The molecule has 0 N–H and O–H groups in total. The molecule has 0 saturated heterocycles. The molecule has 0 aliphatic carbocycles. The van der Waals surface area contributed by atoms with Crippen LogP contribution in [0.3, 0.4) is 0 Å². The van der Waals surface area contributed by atoms with E-state index in [0.29, 0.717) is 22.9 Å². The minimum atomic E-state index is 0.101. The number of carbonyl (C=O) groups is 1. The first-order valence-electron chi connectivity index (χ1n) is 4.20. The van der Waals surface area contributed by atoms with Crippen molar-refractivity contribution in [2.75, 3.05) is 0 Å². The van der Waals surface area contributed by atoms with Crippen LogP contribution in [-0.4, -0.2) is 5.78 Å². The smallest absolute Gasteiger partial charge is 0.141 e. The minimum absolute atomic E-state index is 0.101. The molecule has 0 spiro atoms. The number of Topliss-reactive ketones (excluding diaryl/α,β-unsaturated/α-hetero) is 1. The number of benzene rings is 1. The molecule has 0 saturated carbocycles. The molecule has 0 aliphatic rings. The van der Waals surface area contributed by atoms with Crippen LogP contribution in [0.4, 0.5) is 0 Å². The highest BCUT2D eigenvalue weighted by Gasteiger charge is 2.05. The Morgan fingerprint density at radius 2 is 2.14 bits per heavy atom. The van der Waals surface area contributed by atoms with Gasteiger partial charge in [-0.15, -0.1) is 6.58 Å². The zero-order valence-corrected chi connectivity index (χ0v) is 9.11. The molecule has 0 atom stereocenters. The number of halogens is 2. The average molecular weight is 229 g/mol. The molecule has 0 fully saturated rings. The van der Waals surface area contributed by atoms with Gasteiger partial charge in [0.25, 0.3) is 0 Å². The number of rotatable bonds is 4. The van der Waals surface area contributed by atoms with Crippen molar-refractivity contribution in [3.63, 3.8) is 0 Å². The summed E-state index contributed by atoms with van der Waals surface area (Å²) in [7, 11) is 0. The zero-order valence-electron chi connectivity index (χ0n) is 7.59. The van der Waals surface area contributed by atoms with Gasteiger partial charge in [0.1, 0.15) is 5.78 Å². The van der Waals surface area contributed by atoms with Crippen molar-refractivity contribution in [3.8, 4) is 0 Å². The Kier molecular flexibility index (Phi) is 4.18. The van der Waals surface area contributed by atoms with E-state index in [4.69, 9.17) is 23.2 Å². The van der Waals surface area contributed by atoms with Crippen LogP contribution in [0.2, 0.25) is 10.0 Å². The topological polar surface area (TPSA) is 17.1 Å². The number of hydrogen-bond acceptors (Lipinski definition) is 1. The first kappa shape index (κ1) is 11.3. The van der Waals surface area contributed by atoms with Crippen molar-refractivity contribution < 1.29 is 4.79 Å². The number of ketones is 1. The number of hydrogen-bond donors (Lipinski definition) is 0. The fraction of sp³-hybridized carbons (Fsp3) is 0.182. The van der Waals surface area contributed by atoms with Crippen LogP contribution in [0.15, 0.2) is 30.9 Å². The van der Waals surface area contributed by atoms with Crippen LogP contribution in [0.25, 0.3) is 0 Å². The highest BCUT2D eigenvalue weighted by atomic mass is 35.5. The largest absolute Gasteiger partial charge is 0.299 e. The van der Waals surface area contributed by atoms with Crippen LogP contribution in [-0.2, 0) is 11.2 Å². The van der Waals surface area contributed by atoms with Crippen LogP contribution in [0.1, 0.15) is 12.0 Å². The maximum Gasteiger partial charge on any atom is 0.141 e. The Balaban J connectivity index is 2.76. The Morgan fingerprint density at radius 3 is 2.71 bits per heavy atom. The molecule has 3 heteroatoms. The van der Waals surface area contributed by atoms with E-state index in [-0.39, 0.29) is 5.78 Å². The van der Waals surface area contributed by atoms with E-state index in [1.165, 1.54) is 0 Å². The molecule has 0 aromatic heterocycles. The molecule has 0 bridgehead atoms. The van der Waals surface area contributed by atoms with Crippen LogP contribution in [0, 0.1) is 0 Å². The summed E-state index contributed by atoms with van der Waals surface area (Å²) in [6.45, 7) is 3.50. The maximum atomic E-state index is 11.3. The van der Waals surface area contributed by atoms with Gasteiger partial charge in [0.15, 0.2) is 0 Å². The van der Waals surface area contributed by atoms with Gasteiger partial charge in [0.05, 0.1) is 0 Å². The predicted octanol–water partition coefficient (Wildman–Crippen LogP) is 3.68. The molecule has 0 aliphatic heterocycles.